The zero-order chi connectivity index (χ0) is 57.9. The van der Waals surface area contributed by atoms with Crippen LogP contribution in [0.2, 0.25) is 0 Å². The molecule has 3 aliphatic carbocycles. The molecule has 450 valence electrons. The highest BCUT2D eigenvalue weighted by atomic mass is 32.2. The minimum atomic E-state index is -0.950. The van der Waals surface area contributed by atoms with E-state index in [0.29, 0.717) is 106 Å². The standard InChI is InChI=1S/C44H68N2O7S.C23H32O4/c1-5-6-7-12-32-26-33-28-44(3,4)37-18-17-31(2)25-36(37)41(33)39(27-32)53-29-35(48)15-11-20-51-22-24-52-23-21-50-19-10-14-34(47)13-8-9-16-40-42-38(30-54-40)45-43(49)46-42;1-5-6-7-8-16-12-19(26-14-21(24)25)22-17-11-15(2)9-10-18(17)23(3,4)27-20(22)13-16/h17,26-27,36-38,40,42H,5-16,18-25,28-30H2,1-4H3,(H2,45,46,49);9,12-13,17-18H,5-8,10-11,14H2,1-4H3,(H,24,25)/t36-,37-,38?,40?,42?;17-,18-/m11/s1. The van der Waals surface area contributed by atoms with Crippen molar-refractivity contribution in [3.63, 3.8) is 0 Å². The van der Waals surface area contributed by atoms with Crippen molar-refractivity contribution < 1.29 is 52.7 Å². The van der Waals surface area contributed by atoms with E-state index in [1.165, 1.54) is 65.5 Å². The summed E-state index contributed by atoms with van der Waals surface area (Å²) in [5.41, 5.74) is 9.19. The Morgan fingerprint density at radius 1 is 0.667 bits per heavy atom. The van der Waals surface area contributed by atoms with E-state index >= 15 is 0 Å². The fraction of sp³-hybridized carbons (Fsp3) is 0.701. The monoisotopic (exact) mass is 1140 g/mol. The number of aryl methyl sites for hydroxylation is 2. The number of benzene rings is 2. The summed E-state index contributed by atoms with van der Waals surface area (Å²) in [7, 11) is 0. The lowest BCUT2D eigenvalue weighted by Gasteiger charge is -2.47. The lowest BCUT2D eigenvalue weighted by atomic mass is 9.57. The van der Waals surface area contributed by atoms with Crippen LogP contribution in [-0.2, 0) is 47.9 Å². The number of carboxylic acid groups (broad SMARTS) is 1. The van der Waals surface area contributed by atoms with Gasteiger partial charge in [0, 0.05) is 66.4 Å². The van der Waals surface area contributed by atoms with Crippen LogP contribution >= 0.6 is 11.8 Å². The third kappa shape index (κ3) is 18.8. The summed E-state index contributed by atoms with van der Waals surface area (Å²) in [6, 6.07) is 9.33. The van der Waals surface area contributed by atoms with Gasteiger partial charge in [0.05, 0.1) is 38.5 Å². The van der Waals surface area contributed by atoms with Crippen LogP contribution in [0.1, 0.15) is 211 Å². The van der Waals surface area contributed by atoms with Gasteiger partial charge in [0.2, 0.25) is 0 Å². The van der Waals surface area contributed by atoms with Gasteiger partial charge in [0.1, 0.15) is 35.2 Å². The Bertz CT molecular complexity index is 2470. The van der Waals surface area contributed by atoms with Gasteiger partial charge in [-0.3, -0.25) is 9.59 Å². The number of amides is 2. The quantitative estimate of drug-likeness (QED) is 0.0352. The molecule has 0 bridgehead atoms. The topological polar surface area (TPSA) is 168 Å². The van der Waals surface area contributed by atoms with Crippen molar-refractivity contribution in [2.75, 3.05) is 58.6 Å². The van der Waals surface area contributed by atoms with Crippen molar-refractivity contribution in [1.82, 2.24) is 10.6 Å². The smallest absolute Gasteiger partial charge is 0.341 e. The number of hydrogen-bond acceptors (Lipinski definition) is 11. The second-order valence-electron chi connectivity index (χ2n) is 25.3. The highest BCUT2D eigenvalue weighted by Crippen LogP contribution is 2.56. The van der Waals surface area contributed by atoms with Gasteiger partial charge in [-0.15, -0.1) is 0 Å². The first-order valence-electron chi connectivity index (χ1n) is 31.2. The molecule has 2 aromatic carbocycles. The number of Topliss-reactive ketones (excluding diaryl/α,β-unsaturated/α-hetero) is 2. The number of fused-ring (bicyclic) bond motifs is 7. The zero-order valence-electron chi connectivity index (χ0n) is 50.7. The van der Waals surface area contributed by atoms with Gasteiger partial charge in [-0.2, -0.15) is 11.8 Å². The van der Waals surface area contributed by atoms with Crippen molar-refractivity contribution in [2.45, 2.75) is 225 Å². The van der Waals surface area contributed by atoms with Gasteiger partial charge in [-0.25, -0.2) is 9.59 Å². The number of urea groups is 1. The molecule has 6 aliphatic rings. The third-order valence-electron chi connectivity index (χ3n) is 17.8. The highest BCUT2D eigenvalue weighted by Gasteiger charge is 2.47. The van der Waals surface area contributed by atoms with E-state index in [-0.39, 0.29) is 48.1 Å². The molecule has 3 heterocycles. The molecule has 2 aromatic rings. The third-order valence-corrected chi connectivity index (χ3v) is 19.4. The van der Waals surface area contributed by atoms with Gasteiger partial charge in [0.15, 0.2) is 12.4 Å². The number of nitrogens with one attached hydrogen (secondary N) is 2. The summed E-state index contributed by atoms with van der Waals surface area (Å²) < 4.78 is 35.6. The summed E-state index contributed by atoms with van der Waals surface area (Å²) in [6.45, 7) is 20.9. The molecule has 3 unspecified atom stereocenters. The maximum atomic E-state index is 12.9. The molecule has 0 spiro atoms. The van der Waals surface area contributed by atoms with Crippen molar-refractivity contribution in [3.8, 4) is 17.2 Å². The number of ketones is 2. The highest BCUT2D eigenvalue weighted by molar-refractivity contribution is 8.00. The van der Waals surface area contributed by atoms with Crippen LogP contribution < -0.4 is 24.8 Å². The molecule has 3 aliphatic heterocycles. The average molecular weight is 1140 g/mol. The largest absolute Gasteiger partial charge is 0.487 e. The minimum Gasteiger partial charge on any atom is -0.487 e. The summed E-state index contributed by atoms with van der Waals surface area (Å²) in [5.74, 6) is 4.66. The maximum absolute atomic E-state index is 12.9. The summed E-state index contributed by atoms with van der Waals surface area (Å²) in [5, 5.41) is 15.6. The molecule has 2 fully saturated rings. The van der Waals surface area contributed by atoms with Gasteiger partial charge >= 0.3 is 12.0 Å². The Morgan fingerprint density at radius 3 is 1.88 bits per heavy atom. The molecule has 0 radical (unpaired) electrons. The molecule has 0 aromatic heterocycles. The molecule has 3 N–H and O–H groups in total. The van der Waals surface area contributed by atoms with E-state index in [0.717, 1.165) is 99.9 Å². The number of rotatable bonds is 33. The molecule has 2 saturated heterocycles. The maximum Gasteiger partial charge on any atom is 0.341 e. The second-order valence-corrected chi connectivity index (χ2v) is 26.6. The van der Waals surface area contributed by atoms with Gasteiger partial charge in [-0.05, 0) is 163 Å². The summed E-state index contributed by atoms with van der Waals surface area (Å²) in [4.78, 5) is 47.8. The lowest BCUT2D eigenvalue weighted by molar-refractivity contribution is -0.139. The molecule has 2 amide bonds. The van der Waals surface area contributed by atoms with Crippen LogP contribution in [0.25, 0.3) is 0 Å². The number of ether oxygens (including phenoxy) is 6. The van der Waals surface area contributed by atoms with Gasteiger partial charge in [0.25, 0.3) is 0 Å². The van der Waals surface area contributed by atoms with Crippen LogP contribution in [0, 0.1) is 17.3 Å². The van der Waals surface area contributed by atoms with Gasteiger partial charge in [-0.1, -0.05) is 89.2 Å². The van der Waals surface area contributed by atoms with Crippen LogP contribution in [0.4, 0.5) is 4.79 Å². The fourth-order valence-corrected chi connectivity index (χ4v) is 15.1. The predicted molar refractivity (Wildman–Crippen MR) is 324 cm³/mol. The molecular weight excluding hydrogens is 1040 g/mol. The number of carbonyl (C=O) groups excluding carboxylic acids is 3. The minimum absolute atomic E-state index is 0.0476. The first kappa shape index (κ1) is 64.2. The van der Waals surface area contributed by atoms with Crippen molar-refractivity contribution in [2.24, 2.45) is 17.3 Å². The van der Waals surface area contributed by atoms with E-state index in [9.17, 15) is 19.2 Å². The number of thioether (sulfide) groups is 1. The van der Waals surface area contributed by atoms with E-state index < -0.39 is 5.97 Å². The van der Waals surface area contributed by atoms with E-state index in [2.05, 4.69) is 96.4 Å². The number of allylic oxidation sites excluding steroid dienone is 4. The molecule has 13 nitrogen and oxygen atoms in total. The zero-order valence-corrected chi connectivity index (χ0v) is 51.5. The first-order chi connectivity index (χ1) is 39.0. The van der Waals surface area contributed by atoms with Crippen molar-refractivity contribution in [3.05, 3.63) is 75.4 Å². The van der Waals surface area contributed by atoms with Crippen molar-refractivity contribution in [1.29, 1.82) is 0 Å². The van der Waals surface area contributed by atoms with Crippen LogP contribution in [0.3, 0.4) is 0 Å². The van der Waals surface area contributed by atoms with Crippen LogP contribution in [0.5, 0.6) is 17.2 Å². The Hall–Kier alpha value is -4.37. The first-order valence-corrected chi connectivity index (χ1v) is 32.3. The lowest BCUT2D eigenvalue weighted by Crippen LogP contribution is -2.45. The fourth-order valence-electron chi connectivity index (χ4n) is 13.5. The number of aliphatic carboxylic acids is 1. The number of carboxylic acids is 1. The van der Waals surface area contributed by atoms with Crippen LogP contribution in [-0.4, -0.2) is 110 Å². The Balaban J connectivity index is 0.000000292. The number of hydrogen-bond donors (Lipinski definition) is 3. The average Bonchev–Trinajstić information content (AvgIpc) is 4.15. The molecule has 7 atom stereocenters. The molecular formula is C67H100N2O11S. The van der Waals surface area contributed by atoms with Crippen LogP contribution in [0.15, 0.2) is 47.6 Å². The van der Waals surface area contributed by atoms with E-state index in [4.69, 9.17) is 33.5 Å². The molecule has 81 heavy (non-hydrogen) atoms. The number of carbonyl (C=O) groups is 4. The van der Waals surface area contributed by atoms with E-state index in [1.807, 2.05) is 17.8 Å². The second kappa shape index (κ2) is 31.5. The SMILES string of the molecule is CCCCCc1cc(OCC(=O)O)c2c(c1)OC(C)(C)[C@@H]1CC=C(C)C[C@@H]21.CCCCCc1cc2c(c(OCC(=O)CCCOCCOCCOCCCC(=O)CCCCC3SCC4NC(=O)NC43)c1)[C@@H]1CC(C)=CC[C@H]1C(C)(C)C2. The predicted octanol–water partition coefficient (Wildman–Crippen LogP) is 13.8. The van der Waals surface area contributed by atoms with E-state index in [1.54, 1.807) is 0 Å². The normalized spacial score (nSPS) is 23.6. The Kier molecular flexibility index (Phi) is 25.0. The Labute approximate surface area is 489 Å². The van der Waals surface area contributed by atoms with Crippen molar-refractivity contribution >= 4 is 35.3 Å². The summed E-state index contributed by atoms with van der Waals surface area (Å²) in [6.07, 6.45) is 25.0. The number of unbranched alkanes of at least 4 members (excludes halogenated alkanes) is 5. The summed E-state index contributed by atoms with van der Waals surface area (Å²) >= 11 is 1.92. The molecule has 14 heteroatoms. The molecule has 8 rings (SSSR count). The molecule has 0 saturated carbocycles. The van der Waals surface area contributed by atoms with Gasteiger partial charge < -0.3 is 44.2 Å². The Morgan fingerprint density at radius 2 is 1.23 bits per heavy atom.